The Morgan fingerprint density at radius 1 is 1.50 bits per heavy atom. The molecule has 3 N–H and O–H groups in total. The van der Waals surface area contributed by atoms with Gasteiger partial charge in [-0.3, -0.25) is 4.40 Å². The van der Waals surface area contributed by atoms with Gasteiger partial charge >= 0.3 is 0 Å². The molecule has 0 fully saturated rings. The molecule has 0 spiro atoms. The number of pyridine rings is 1. The zero-order valence-corrected chi connectivity index (χ0v) is 8.55. The lowest BCUT2D eigenvalue weighted by Gasteiger charge is -2.00. The van der Waals surface area contributed by atoms with Gasteiger partial charge in [0.1, 0.15) is 5.82 Å². The van der Waals surface area contributed by atoms with Crippen LogP contribution < -0.4 is 5.73 Å². The molecule has 0 radical (unpaired) electrons. The summed E-state index contributed by atoms with van der Waals surface area (Å²) in [6.07, 6.45) is 1.61. The van der Waals surface area contributed by atoms with Crippen LogP contribution in [0.4, 0.5) is 5.82 Å². The van der Waals surface area contributed by atoms with Gasteiger partial charge in [-0.2, -0.15) is 0 Å². The van der Waals surface area contributed by atoms with Gasteiger partial charge in [0.2, 0.25) is 0 Å². The summed E-state index contributed by atoms with van der Waals surface area (Å²) in [5, 5.41) is 9.93. The number of hydrogen-bond donors (Lipinski definition) is 2. The van der Waals surface area contributed by atoms with Crippen molar-refractivity contribution in [3.63, 3.8) is 0 Å². The van der Waals surface area contributed by atoms with Crippen molar-refractivity contribution in [2.24, 2.45) is 0 Å². The van der Waals surface area contributed by atoms with Crippen molar-refractivity contribution in [3.05, 3.63) is 28.0 Å². The molecule has 0 aliphatic carbocycles. The van der Waals surface area contributed by atoms with E-state index < -0.39 is 0 Å². The van der Waals surface area contributed by atoms with Crippen LogP contribution in [0.5, 0.6) is 0 Å². The number of aromatic nitrogens is 2. The Bertz CT molecular complexity index is 495. The Hall–Kier alpha value is -0.970. The third-order valence-electron chi connectivity index (χ3n) is 1.92. The molecule has 6 heteroatoms. The van der Waals surface area contributed by atoms with Gasteiger partial charge in [0.15, 0.2) is 5.65 Å². The molecule has 2 aromatic rings. The number of nitrogens with zero attached hydrogens (tertiary/aromatic N) is 2. The number of aliphatic hydroxyl groups is 1. The van der Waals surface area contributed by atoms with Crippen molar-refractivity contribution in [3.8, 4) is 0 Å². The van der Waals surface area contributed by atoms with E-state index in [9.17, 15) is 0 Å². The van der Waals surface area contributed by atoms with Crippen LogP contribution in [0.25, 0.3) is 5.65 Å². The smallest absolute Gasteiger partial charge is 0.158 e. The van der Waals surface area contributed by atoms with Gasteiger partial charge < -0.3 is 10.8 Å². The monoisotopic (exact) mass is 231 g/mol. The van der Waals surface area contributed by atoms with Gasteiger partial charge in [0, 0.05) is 6.20 Å². The molecule has 14 heavy (non-hydrogen) atoms. The van der Waals surface area contributed by atoms with Crippen LogP contribution in [0.1, 0.15) is 5.69 Å². The first-order valence-electron chi connectivity index (χ1n) is 3.86. The van der Waals surface area contributed by atoms with Crippen molar-refractivity contribution in [2.75, 3.05) is 5.73 Å². The Morgan fingerprint density at radius 3 is 2.86 bits per heavy atom. The largest absolute Gasteiger partial charge is 0.390 e. The molecule has 74 valence electrons. The van der Waals surface area contributed by atoms with Gasteiger partial charge in [-0.1, -0.05) is 23.2 Å². The Kier molecular flexibility index (Phi) is 2.26. The fraction of sp³-hybridized carbons (Fsp3) is 0.125. The van der Waals surface area contributed by atoms with Gasteiger partial charge in [-0.05, 0) is 6.07 Å². The molecule has 0 atom stereocenters. The highest BCUT2D eigenvalue weighted by Crippen LogP contribution is 2.25. The molecule has 2 rings (SSSR count). The maximum Gasteiger partial charge on any atom is 0.158 e. The quantitative estimate of drug-likeness (QED) is 0.786. The van der Waals surface area contributed by atoms with Gasteiger partial charge in [-0.15, -0.1) is 0 Å². The number of nitrogen functional groups attached to an aromatic ring is 1. The number of aliphatic hydroxyl groups excluding tert-OH is 1. The number of fused-ring (bicyclic) bond motifs is 1. The van der Waals surface area contributed by atoms with Gasteiger partial charge in [0.05, 0.1) is 22.3 Å². The highest BCUT2D eigenvalue weighted by Gasteiger charge is 2.11. The van der Waals surface area contributed by atoms with E-state index in [1.165, 1.54) is 0 Å². The van der Waals surface area contributed by atoms with Crippen LogP contribution in [0.3, 0.4) is 0 Å². The predicted octanol–water partition coefficient (Wildman–Crippen LogP) is 1.72. The Labute approximate surface area is 89.9 Å². The number of rotatable bonds is 1. The van der Waals surface area contributed by atoms with E-state index in [1.807, 2.05) is 0 Å². The minimum Gasteiger partial charge on any atom is -0.390 e. The van der Waals surface area contributed by atoms with E-state index in [-0.39, 0.29) is 12.4 Å². The van der Waals surface area contributed by atoms with E-state index >= 15 is 0 Å². The van der Waals surface area contributed by atoms with E-state index in [2.05, 4.69) is 4.98 Å². The fourth-order valence-corrected chi connectivity index (χ4v) is 1.81. The van der Waals surface area contributed by atoms with Crippen molar-refractivity contribution in [1.29, 1.82) is 0 Å². The number of halogens is 2. The molecular formula is C8H7Cl2N3O. The van der Waals surface area contributed by atoms with Crippen molar-refractivity contribution < 1.29 is 5.11 Å². The number of imidazole rings is 1. The Balaban J connectivity index is 2.87. The minimum absolute atomic E-state index is 0.205. The standard InChI is InChI=1S/C8H7Cl2N3O/c9-4-1-5(10)8-12-7(11)6(3-14)13(8)2-4/h1-2,14H,3,11H2. The van der Waals surface area contributed by atoms with Crippen LogP contribution >= 0.6 is 23.2 Å². The zero-order chi connectivity index (χ0) is 10.3. The topological polar surface area (TPSA) is 63.5 Å². The molecule has 0 bridgehead atoms. The lowest BCUT2D eigenvalue weighted by atomic mass is 10.4. The minimum atomic E-state index is -0.205. The van der Waals surface area contributed by atoms with Gasteiger partial charge in [-0.25, -0.2) is 4.98 Å². The summed E-state index contributed by atoms with van der Waals surface area (Å²) >= 11 is 11.7. The summed E-state index contributed by atoms with van der Waals surface area (Å²) in [6, 6.07) is 1.58. The van der Waals surface area contributed by atoms with Crippen LogP contribution in [0.2, 0.25) is 10.0 Å². The summed E-state index contributed by atoms with van der Waals surface area (Å²) in [5.41, 5.74) is 6.58. The molecule has 0 aliphatic rings. The summed E-state index contributed by atoms with van der Waals surface area (Å²) in [4.78, 5) is 4.01. The number of hydrogen-bond acceptors (Lipinski definition) is 3. The molecule has 0 unspecified atom stereocenters. The normalized spacial score (nSPS) is 11.1. The lowest BCUT2D eigenvalue weighted by molar-refractivity contribution is 0.276. The summed E-state index contributed by atoms with van der Waals surface area (Å²) in [7, 11) is 0. The molecule has 0 amide bonds. The SMILES string of the molecule is Nc1nc2c(Cl)cc(Cl)cn2c1CO. The van der Waals surface area contributed by atoms with E-state index in [4.69, 9.17) is 34.0 Å². The number of anilines is 1. The lowest BCUT2D eigenvalue weighted by Crippen LogP contribution is -1.96. The summed E-state index contributed by atoms with van der Waals surface area (Å²) in [6.45, 7) is -0.205. The zero-order valence-electron chi connectivity index (χ0n) is 7.04. The molecular weight excluding hydrogens is 225 g/mol. The molecule has 0 saturated carbocycles. The first-order valence-corrected chi connectivity index (χ1v) is 4.61. The molecule has 0 aliphatic heterocycles. The average Bonchev–Trinajstić information content (AvgIpc) is 2.41. The first kappa shape index (κ1) is 9.58. The Morgan fingerprint density at radius 2 is 2.21 bits per heavy atom. The molecule has 0 aromatic carbocycles. The second-order valence-corrected chi connectivity index (χ2v) is 3.65. The maximum atomic E-state index is 9.06. The van der Waals surface area contributed by atoms with Crippen LogP contribution in [0, 0.1) is 0 Å². The second kappa shape index (κ2) is 3.31. The van der Waals surface area contributed by atoms with Crippen LogP contribution in [-0.2, 0) is 6.61 Å². The molecule has 0 saturated heterocycles. The fourth-order valence-electron chi connectivity index (χ4n) is 1.29. The molecule has 4 nitrogen and oxygen atoms in total. The average molecular weight is 232 g/mol. The van der Waals surface area contributed by atoms with E-state index in [0.29, 0.717) is 21.4 Å². The van der Waals surface area contributed by atoms with Crippen molar-refractivity contribution in [2.45, 2.75) is 6.61 Å². The predicted molar refractivity (Wildman–Crippen MR) is 55.5 cm³/mol. The van der Waals surface area contributed by atoms with Crippen molar-refractivity contribution >= 4 is 34.7 Å². The van der Waals surface area contributed by atoms with Crippen LogP contribution in [-0.4, -0.2) is 14.5 Å². The van der Waals surface area contributed by atoms with E-state index in [0.717, 1.165) is 0 Å². The van der Waals surface area contributed by atoms with Crippen molar-refractivity contribution in [1.82, 2.24) is 9.38 Å². The van der Waals surface area contributed by atoms with E-state index in [1.54, 1.807) is 16.7 Å². The summed E-state index contributed by atoms with van der Waals surface area (Å²) in [5.74, 6) is 0.261. The third-order valence-corrected chi connectivity index (χ3v) is 2.41. The summed E-state index contributed by atoms with van der Waals surface area (Å²) < 4.78 is 1.58. The second-order valence-electron chi connectivity index (χ2n) is 2.80. The molecule has 2 heterocycles. The first-order chi connectivity index (χ1) is 6.63. The highest BCUT2D eigenvalue weighted by atomic mass is 35.5. The molecule has 2 aromatic heterocycles. The third kappa shape index (κ3) is 1.32. The van der Waals surface area contributed by atoms with Gasteiger partial charge in [0.25, 0.3) is 0 Å². The number of nitrogens with two attached hydrogens (primary N) is 1. The van der Waals surface area contributed by atoms with Crippen LogP contribution in [0.15, 0.2) is 12.3 Å². The maximum absolute atomic E-state index is 9.06. The highest BCUT2D eigenvalue weighted by molar-refractivity contribution is 6.36.